The Balaban J connectivity index is 1.46. The van der Waals surface area contributed by atoms with Gasteiger partial charge >= 0.3 is 0 Å². The number of carbonyl (C=O) groups is 1. The van der Waals surface area contributed by atoms with E-state index in [0.29, 0.717) is 24.5 Å². The molecule has 1 saturated carbocycles. The number of carbonyl (C=O) groups excluding carboxylic acids is 1. The molecule has 1 aliphatic carbocycles. The lowest BCUT2D eigenvalue weighted by molar-refractivity contribution is 0.0938. The molecule has 148 valence electrons. The monoisotopic (exact) mass is 386 g/mol. The van der Waals surface area contributed by atoms with Crippen molar-refractivity contribution in [3.63, 3.8) is 0 Å². The van der Waals surface area contributed by atoms with Crippen LogP contribution in [0, 0.1) is 0 Å². The number of amides is 1. The molecule has 0 unspecified atom stereocenters. The predicted octanol–water partition coefficient (Wildman–Crippen LogP) is 4.90. The molecule has 1 amide bonds. The fraction of sp³-hybridized carbons (Fsp3) is 0.280. The van der Waals surface area contributed by atoms with E-state index in [1.54, 1.807) is 12.4 Å². The first-order chi connectivity index (χ1) is 14.3. The second-order valence-corrected chi connectivity index (χ2v) is 7.68. The van der Waals surface area contributed by atoms with E-state index in [2.05, 4.69) is 34.6 Å². The molecule has 4 rings (SSSR count). The highest BCUT2D eigenvalue weighted by Crippen LogP contribution is 2.40. The molecule has 4 heteroatoms. The van der Waals surface area contributed by atoms with Gasteiger partial charge in [0.1, 0.15) is 12.4 Å². The van der Waals surface area contributed by atoms with Gasteiger partial charge in [-0.15, -0.1) is 0 Å². The molecule has 3 aromatic rings. The van der Waals surface area contributed by atoms with Crippen LogP contribution in [-0.4, -0.2) is 17.4 Å². The van der Waals surface area contributed by atoms with Gasteiger partial charge in [0.05, 0.1) is 5.56 Å². The van der Waals surface area contributed by atoms with E-state index in [9.17, 15) is 4.79 Å². The summed E-state index contributed by atoms with van der Waals surface area (Å²) in [6, 6.07) is 21.8. The van der Waals surface area contributed by atoms with Gasteiger partial charge in [0.15, 0.2) is 0 Å². The van der Waals surface area contributed by atoms with Crippen molar-refractivity contribution in [2.24, 2.45) is 0 Å². The van der Waals surface area contributed by atoms with Gasteiger partial charge in [-0.25, -0.2) is 0 Å². The minimum atomic E-state index is -0.0856. The number of ether oxygens (including phenoxy) is 1. The number of aromatic nitrogens is 1. The summed E-state index contributed by atoms with van der Waals surface area (Å²) < 4.78 is 5.94. The van der Waals surface area contributed by atoms with Gasteiger partial charge in [0.25, 0.3) is 5.91 Å². The lowest BCUT2D eigenvalue weighted by Crippen LogP contribution is -2.39. The summed E-state index contributed by atoms with van der Waals surface area (Å²) >= 11 is 0. The maximum atomic E-state index is 13.0. The van der Waals surface area contributed by atoms with Crippen LogP contribution in [0.15, 0.2) is 79.1 Å². The van der Waals surface area contributed by atoms with Crippen molar-refractivity contribution in [2.45, 2.75) is 37.7 Å². The fourth-order valence-corrected chi connectivity index (χ4v) is 4.18. The van der Waals surface area contributed by atoms with E-state index >= 15 is 0 Å². The third-order valence-corrected chi connectivity index (χ3v) is 5.81. The Bertz CT molecular complexity index is 935. The van der Waals surface area contributed by atoms with Crippen LogP contribution in [0.25, 0.3) is 0 Å². The number of hydrogen-bond acceptors (Lipinski definition) is 3. The van der Waals surface area contributed by atoms with Crippen LogP contribution in [0.3, 0.4) is 0 Å². The Morgan fingerprint density at radius 1 is 0.931 bits per heavy atom. The molecule has 1 fully saturated rings. The molecule has 2 aromatic carbocycles. The third kappa shape index (κ3) is 4.48. The van der Waals surface area contributed by atoms with Gasteiger partial charge in [0, 0.05) is 24.4 Å². The molecule has 4 nitrogen and oxygen atoms in total. The second kappa shape index (κ2) is 8.91. The second-order valence-electron chi connectivity index (χ2n) is 7.68. The third-order valence-electron chi connectivity index (χ3n) is 5.81. The number of hydrogen-bond donors (Lipinski definition) is 1. The number of rotatable bonds is 7. The zero-order valence-corrected chi connectivity index (χ0v) is 16.5. The Kier molecular flexibility index (Phi) is 5.89. The molecule has 0 radical (unpaired) electrons. The SMILES string of the molecule is O=C(NCC1(c2ccccc2)CCCC1)c1ccccc1OCc1ccncc1. The van der Waals surface area contributed by atoms with E-state index in [-0.39, 0.29) is 11.3 Å². The van der Waals surface area contributed by atoms with Crippen molar-refractivity contribution in [3.05, 3.63) is 95.8 Å². The summed E-state index contributed by atoms with van der Waals surface area (Å²) in [7, 11) is 0. The van der Waals surface area contributed by atoms with Crippen LogP contribution in [0.1, 0.15) is 47.2 Å². The van der Waals surface area contributed by atoms with Crippen LogP contribution in [0.2, 0.25) is 0 Å². The highest BCUT2D eigenvalue weighted by Gasteiger charge is 2.35. The van der Waals surface area contributed by atoms with Crippen molar-refractivity contribution in [1.82, 2.24) is 10.3 Å². The quantitative estimate of drug-likeness (QED) is 0.628. The van der Waals surface area contributed by atoms with Gasteiger partial charge in [-0.3, -0.25) is 9.78 Å². The molecule has 0 spiro atoms. The summed E-state index contributed by atoms with van der Waals surface area (Å²) in [5, 5.41) is 3.19. The summed E-state index contributed by atoms with van der Waals surface area (Å²) in [6.45, 7) is 1.05. The van der Waals surface area contributed by atoms with Crippen molar-refractivity contribution in [2.75, 3.05) is 6.54 Å². The minimum absolute atomic E-state index is 0.0315. The summed E-state index contributed by atoms with van der Waals surface area (Å²) in [6.07, 6.45) is 8.10. The Morgan fingerprint density at radius 3 is 2.38 bits per heavy atom. The van der Waals surface area contributed by atoms with Crippen LogP contribution in [0.5, 0.6) is 5.75 Å². The first-order valence-corrected chi connectivity index (χ1v) is 10.2. The average Bonchev–Trinajstić information content (AvgIpc) is 3.28. The zero-order chi connectivity index (χ0) is 19.9. The summed E-state index contributed by atoms with van der Waals surface area (Å²) in [5.74, 6) is 0.513. The molecular weight excluding hydrogens is 360 g/mol. The Hall–Kier alpha value is -3.14. The highest BCUT2D eigenvalue weighted by molar-refractivity contribution is 5.97. The molecule has 0 atom stereocenters. The first-order valence-electron chi connectivity index (χ1n) is 10.2. The largest absolute Gasteiger partial charge is 0.488 e. The Morgan fingerprint density at radius 2 is 1.62 bits per heavy atom. The maximum absolute atomic E-state index is 13.0. The lowest BCUT2D eigenvalue weighted by atomic mass is 9.79. The average molecular weight is 386 g/mol. The number of nitrogens with one attached hydrogen (secondary N) is 1. The van der Waals surface area contributed by atoms with Gasteiger partial charge in [0.2, 0.25) is 0 Å². The molecule has 1 aliphatic rings. The topological polar surface area (TPSA) is 51.2 Å². The number of pyridine rings is 1. The summed E-state index contributed by atoms with van der Waals surface area (Å²) in [5.41, 5.74) is 2.94. The molecule has 1 N–H and O–H groups in total. The Labute approximate surface area is 172 Å². The predicted molar refractivity (Wildman–Crippen MR) is 114 cm³/mol. The molecular formula is C25H26N2O2. The molecule has 0 bridgehead atoms. The van der Waals surface area contributed by atoms with E-state index in [1.165, 1.54) is 18.4 Å². The normalized spacial score (nSPS) is 15.0. The molecule has 29 heavy (non-hydrogen) atoms. The number of para-hydroxylation sites is 1. The maximum Gasteiger partial charge on any atom is 0.255 e. The highest BCUT2D eigenvalue weighted by atomic mass is 16.5. The standard InChI is InChI=1S/C25H26N2O2/c28-24(27-19-25(14-6-7-15-25)21-8-2-1-3-9-21)22-10-4-5-11-23(22)29-18-20-12-16-26-17-13-20/h1-5,8-13,16-17H,6-7,14-15,18-19H2,(H,27,28). The van der Waals surface area contributed by atoms with Crippen molar-refractivity contribution in [1.29, 1.82) is 0 Å². The smallest absolute Gasteiger partial charge is 0.255 e. The molecule has 0 aliphatic heterocycles. The van der Waals surface area contributed by atoms with Crippen LogP contribution in [0.4, 0.5) is 0 Å². The fourth-order valence-electron chi connectivity index (χ4n) is 4.18. The van der Waals surface area contributed by atoms with Gasteiger partial charge in [-0.05, 0) is 48.2 Å². The van der Waals surface area contributed by atoms with Crippen LogP contribution < -0.4 is 10.1 Å². The van der Waals surface area contributed by atoms with Crippen LogP contribution >= 0.6 is 0 Å². The van der Waals surface area contributed by atoms with Crippen molar-refractivity contribution < 1.29 is 9.53 Å². The van der Waals surface area contributed by atoms with E-state index in [4.69, 9.17) is 4.74 Å². The van der Waals surface area contributed by atoms with E-state index in [1.807, 2.05) is 42.5 Å². The van der Waals surface area contributed by atoms with Crippen molar-refractivity contribution >= 4 is 5.91 Å². The van der Waals surface area contributed by atoms with Crippen molar-refractivity contribution in [3.8, 4) is 5.75 Å². The zero-order valence-electron chi connectivity index (χ0n) is 16.5. The minimum Gasteiger partial charge on any atom is -0.488 e. The van der Waals surface area contributed by atoms with Gasteiger partial charge in [-0.2, -0.15) is 0 Å². The number of nitrogens with zero attached hydrogens (tertiary/aromatic N) is 1. The lowest BCUT2D eigenvalue weighted by Gasteiger charge is -2.30. The van der Waals surface area contributed by atoms with Gasteiger partial charge in [-0.1, -0.05) is 55.3 Å². The first kappa shape index (κ1) is 19.2. The number of benzene rings is 2. The molecule has 1 aromatic heterocycles. The van der Waals surface area contributed by atoms with Crippen LogP contribution in [-0.2, 0) is 12.0 Å². The molecule has 0 saturated heterocycles. The van der Waals surface area contributed by atoms with E-state index in [0.717, 1.165) is 18.4 Å². The molecule has 1 heterocycles. The summed E-state index contributed by atoms with van der Waals surface area (Å²) in [4.78, 5) is 17.0. The van der Waals surface area contributed by atoms with Gasteiger partial charge < -0.3 is 10.1 Å². The van der Waals surface area contributed by atoms with E-state index < -0.39 is 0 Å².